The first-order chi connectivity index (χ1) is 12.4. The van der Waals surface area contributed by atoms with Crippen LogP contribution in [0.5, 0.6) is 0 Å². The Balaban J connectivity index is 1.75. The number of likely N-dealkylation sites (tertiary alicyclic amines) is 1. The second kappa shape index (κ2) is 7.61. The second-order valence-electron chi connectivity index (χ2n) is 7.74. The summed E-state index contributed by atoms with van der Waals surface area (Å²) < 4.78 is 3.90. The molecule has 0 aromatic carbocycles. The van der Waals surface area contributed by atoms with Gasteiger partial charge in [0.1, 0.15) is 12.4 Å². The van der Waals surface area contributed by atoms with Crippen LogP contribution in [0, 0.1) is 0 Å². The summed E-state index contributed by atoms with van der Waals surface area (Å²) in [5.74, 6) is 1.41. The van der Waals surface area contributed by atoms with E-state index in [1.165, 1.54) is 5.69 Å². The maximum atomic E-state index is 13.0. The molecule has 26 heavy (non-hydrogen) atoms. The largest absolute Gasteiger partial charge is 0.332 e. The minimum atomic E-state index is 0.0793. The van der Waals surface area contributed by atoms with Gasteiger partial charge in [0.2, 0.25) is 5.91 Å². The lowest BCUT2D eigenvalue weighted by atomic mass is 10.1. The summed E-state index contributed by atoms with van der Waals surface area (Å²) >= 11 is 0. The normalized spacial score (nSPS) is 17.7. The first-order valence-corrected chi connectivity index (χ1v) is 9.35. The lowest BCUT2D eigenvalue weighted by Gasteiger charge is -2.24. The van der Waals surface area contributed by atoms with Crippen LogP contribution in [0.25, 0.3) is 0 Å². The van der Waals surface area contributed by atoms with Gasteiger partial charge in [-0.1, -0.05) is 13.8 Å². The van der Waals surface area contributed by atoms with E-state index in [1.54, 1.807) is 6.20 Å². The van der Waals surface area contributed by atoms with Crippen molar-refractivity contribution in [3.63, 3.8) is 0 Å². The molecule has 0 saturated carbocycles. The number of nitrogens with zero attached hydrogens (tertiary/aromatic N) is 6. The van der Waals surface area contributed by atoms with Crippen molar-refractivity contribution in [2.45, 2.75) is 51.7 Å². The van der Waals surface area contributed by atoms with E-state index in [1.807, 2.05) is 27.4 Å². The van der Waals surface area contributed by atoms with Crippen LogP contribution < -0.4 is 0 Å². The summed E-state index contributed by atoms with van der Waals surface area (Å²) in [6.45, 7) is 6.19. The van der Waals surface area contributed by atoms with Crippen LogP contribution >= 0.6 is 0 Å². The molecule has 0 spiro atoms. The molecule has 142 valence electrons. The van der Waals surface area contributed by atoms with E-state index in [2.05, 4.69) is 43.9 Å². The fraction of sp³-hybridized carbons (Fsp3) is 0.632. The van der Waals surface area contributed by atoms with E-state index in [4.69, 9.17) is 5.10 Å². The van der Waals surface area contributed by atoms with Crippen LogP contribution in [-0.4, -0.2) is 55.7 Å². The molecule has 1 saturated heterocycles. The first kappa shape index (κ1) is 18.6. The number of aromatic nitrogens is 4. The Hall–Kier alpha value is -2.15. The molecule has 7 heteroatoms. The quantitative estimate of drug-likeness (QED) is 0.794. The highest BCUT2D eigenvalue weighted by Crippen LogP contribution is 2.32. The van der Waals surface area contributed by atoms with Crippen LogP contribution in [0.15, 0.2) is 18.5 Å². The van der Waals surface area contributed by atoms with E-state index in [9.17, 15) is 4.79 Å². The van der Waals surface area contributed by atoms with Gasteiger partial charge in [0.05, 0.1) is 17.4 Å². The molecule has 1 amide bonds. The van der Waals surface area contributed by atoms with Crippen LogP contribution in [-0.2, 0) is 24.9 Å². The molecule has 0 bridgehead atoms. The Labute approximate surface area is 155 Å². The van der Waals surface area contributed by atoms with Crippen molar-refractivity contribution in [1.82, 2.24) is 29.1 Å². The van der Waals surface area contributed by atoms with Gasteiger partial charge >= 0.3 is 0 Å². The number of rotatable bonds is 6. The SMILES string of the molecule is CC(C)c1nccn1CC(=O)N1CCC[C@@H]1c1cc(CN(C)C)n(C)n1. The molecule has 2 aromatic rings. The molecule has 0 N–H and O–H groups in total. The summed E-state index contributed by atoms with van der Waals surface area (Å²) in [6, 6.07) is 2.23. The highest BCUT2D eigenvalue weighted by molar-refractivity contribution is 5.77. The van der Waals surface area contributed by atoms with E-state index >= 15 is 0 Å². The minimum Gasteiger partial charge on any atom is -0.332 e. The zero-order valence-electron chi connectivity index (χ0n) is 16.5. The molecular formula is C19H30N6O. The van der Waals surface area contributed by atoms with Crippen molar-refractivity contribution in [3.8, 4) is 0 Å². The van der Waals surface area contributed by atoms with Gasteiger partial charge < -0.3 is 14.4 Å². The number of hydrogen-bond acceptors (Lipinski definition) is 4. The molecule has 0 unspecified atom stereocenters. The molecule has 3 rings (SSSR count). The monoisotopic (exact) mass is 358 g/mol. The highest BCUT2D eigenvalue weighted by Gasteiger charge is 2.32. The van der Waals surface area contributed by atoms with Crippen molar-refractivity contribution in [2.24, 2.45) is 7.05 Å². The second-order valence-corrected chi connectivity index (χ2v) is 7.74. The molecule has 0 radical (unpaired) electrons. The first-order valence-electron chi connectivity index (χ1n) is 9.35. The van der Waals surface area contributed by atoms with Crippen LogP contribution in [0.2, 0.25) is 0 Å². The molecule has 0 aliphatic carbocycles. The fourth-order valence-corrected chi connectivity index (χ4v) is 3.73. The van der Waals surface area contributed by atoms with Gasteiger partial charge in [0.25, 0.3) is 0 Å². The Morgan fingerprint density at radius 1 is 1.38 bits per heavy atom. The van der Waals surface area contributed by atoms with Crippen molar-refractivity contribution < 1.29 is 4.79 Å². The summed E-state index contributed by atoms with van der Waals surface area (Å²) in [4.78, 5) is 21.5. The maximum Gasteiger partial charge on any atom is 0.243 e. The van der Waals surface area contributed by atoms with E-state index in [-0.39, 0.29) is 11.9 Å². The Kier molecular flexibility index (Phi) is 5.46. The van der Waals surface area contributed by atoms with Crippen LogP contribution in [0.3, 0.4) is 0 Å². The Morgan fingerprint density at radius 3 is 2.85 bits per heavy atom. The molecule has 2 aromatic heterocycles. The number of amides is 1. The van der Waals surface area contributed by atoms with Crippen LogP contribution in [0.1, 0.15) is 55.9 Å². The van der Waals surface area contributed by atoms with Gasteiger partial charge in [-0.3, -0.25) is 9.48 Å². The zero-order valence-corrected chi connectivity index (χ0v) is 16.5. The summed E-state index contributed by atoms with van der Waals surface area (Å²) in [7, 11) is 6.08. The predicted molar refractivity (Wildman–Crippen MR) is 101 cm³/mol. The summed E-state index contributed by atoms with van der Waals surface area (Å²) in [6.07, 6.45) is 5.67. The molecule has 1 aliphatic rings. The van der Waals surface area contributed by atoms with Gasteiger partial charge in [-0.15, -0.1) is 0 Å². The van der Waals surface area contributed by atoms with Crippen molar-refractivity contribution in [3.05, 3.63) is 35.7 Å². The molecule has 7 nitrogen and oxygen atoms in total. The third kappa shape index (κ3) is 3.82. The van der Waals surface area contributed by atoms with Gasteiger partial charge in [0, 0.05) is 38.4 Å². The average Bonchev–Trinajstić information content (AvgIpc) is 3.27. The van der Waals surface area contributed by atoms with Crippen molar-refractivity contribution in [1.29, 1.82) is 0 Å². The third-order valence-corrected chi connectivity index (χ3v) is 4.96. The molecular weight excluding hydrogens is 328 g/mol. The number of carbonyl (C=O) groups excluding carboxylic acids is 1. The molecule has 1 atom stereocenters. The van der Waals surface area contributed by atoms with Gasteiger partial charge in [-0.25, -0.2) is 4.98 Å². The summed E-state index contributed by atoms with van der Waals surface area (Å²) in [5, 5.41) is 4.70. The third-order valence-electron chi connectivity index (χ3n) is 4.96. The molecule has 1 fully saturated rings. The number of aryl methyl sites for hydroxylation is 1. The number of carbonyl (C=O) groups is 1. The lowest BCUT2D eigenvalue weighted by molar-refractivity contribution is -0.132. The molecule has 3 heterocycles. The minimum absolute atomic E-state index is 0.0793. The maximum absolute atomic E-state index is 13.0. The Morgan fingerprint density at radius 2 is 2.15 bits per heavy atom. The average molecular weight is 358 g/mol. The predicted octanol–water partition coefficient (Wildman–Crippen LogP) is 2.17. The number of hydrogen-bond donors (Lipinski definition) is 0. The van der Waals surface area contributed by atoms with E-state index in [0.717, 1.165) is 37.4 Å². The smallest absolute Gasteiger partial charge is 0.243 e. The Bertz CT molecular complexity index is 760. The van der Waals surface area contributed by atoms with Crippen LogP contribution in [0.4, 0.5) is 0 Å². The van der Waals surface area contributed by atoms with E-state index < -0.39 is 0 Å². The van der Waals surface area contributed by atoms with Crippen molar-refractivity contribution >= 4 is 5.91 Å². The van der Waals surface area contributed by atoms with E-state index in [0.29, 0.717) is 12.5 Å². The van der Waals surface area contributed by atoms with Gasteiger partial charge in [0.15, 0.2) is 0 Å². The lowest BCUT2D eigenvalue weighted by Crippen LogP contribution is -2.34. The number of imidazole rings is 1. The van der Waals surface area contributed by atoms with Gasteiger partial charge in [-0.2, -0.15) is 5.10 Å². The zero-order chi connectivity index (χ0) is 18.8. The fourth-order valence-electron chi connectivity index (χ4n) is 3.73. The van der Waals surface area contributed by atoms with Crippen molar-refractivity contribution in [2.75, 3.05) is 20.6 Å². The van der Waals surface area contributed by atoms with Gasteiger partial charge in [-0.05, 0) is 33.0 Å². The standard InChI is InChI=1S/C19H30N6O/c1-14(2)19-20-8-10-24(19)13-18(26)25-9-6-7-17(25)16-11-15(12-22(3)4)23(5)21-16/h8,10-11,14,17H,6-7,9,12-13H2,1-5H3/t17-/m1/s1. The topological polar surface area (TPSA) is 59.2 Å². The summed E-state index contributed by atoms with van der Waals surface area (Å²) in [5.41, 5.74) is 2.17. The highest BCUT2D eigenvalue weighted by atomic mass is 16.2. The molecule has 1 aliphatic heterocycles.